The Morgan fingerprint density at radius 2 is 1.75 bits per heavy atom. The van der Waals surface area contributed by atoms with Crippen LogP contribution in [0.3, 0.4) is 0 Å². The van der Waals surface area contributed by atoms with Crippen molar-refractivity contribution in [3.63, 3.8) is 0 Å². The SMILES string of the molecule is C[N+](C)(C)CC(O)COP(=O)(O)O[C@H]1O[C@H](CO)[C@@H](O)[C@H](O)[C@@H]1O. The Morgan fingerprint density at radius 1 is 1.17 bits per heavy atom. The van der Waals surface area contributed by atoms with E-state index in [2.05, 4.69) is 9.05 Å². The van der Waals surface area contributed by atoms with Gasteiger partial charge in [-0.2, -0.15) is 0 Å². The molecule has 0 radical (unpaired) electrons. The number of phosphoric acid groups is 1. The van der Waals surface area contributed by atoms with Crippen molar-refractivity contribution in [2.75, 3.05) is 40.9 Å². The third-order valence-corrected chi connectivity index (χ3v) is 4.22. The van der Waals surface area contributed by atoms with Gasteiger partial charge in [0, 0.05) is 0 Å². The van der Waals surface area contributed by atoms with E-state index in [-0.39, 0.29) is 6.54 Å². The highest BCUT2D eigenvalue weighted by Crippen LogP contribution is 2.46. The van der Waals surface area contributed by atoms with E-state index in [1.165, 1.54) is 0 Å². The topological polar surface area (TPSA) is 166 Å². The summed E-state index contributed by atoms with van der Waals surface area (Å²) in [6.07, 6.45) is -9.31. The van der Waals surface area contributed by atoms with Gasteiger partial charge in [-0.05, 0) is 0 Å². The monoisotopic (exact) mass is 376 g/mol. The van der Waals surface area contributed by atoms with Gasteiger partial charge in [0.15, 0.2) is 6.29 Å². The molecule has 144 valence electrons. The molecule has 0 amide bonds. The van der Waals surface area contributed by atoms with Gasteiger partial charge in [0.1, 0.15) is 37.1 Å². The summed E-state index contributed by atoms with van der Waals surface area (Å²) >= 11 is 0. The molecule has 0 bridgehead atoms. The van der Waals surface area contributed by atoms with Crippen molar-refractivity contribution in [2.45, 2.75) is 36.8 Å². The number of aliphatic hydroxyl groups is 5. The Balaban J connectivity index is 2.60. The number of nitrogens with zero attached hydrogens (tertiary/aromatic N) is 1. The van der Waals surface area contributed by atoms with E-state index in [0.717, 1.165) is 0 Å². The number of aliphatic hydroxyl groups excluding tert-OH is 5. The average molecular weight is 376 g/mol. The largest absolute Gasteiger partial charge is 0.474 e. The third kappa shape index (κ3) is 6.62. The minimum absolute atomic E-state index is 0.250. The van der Waals surface area contributed by atoms with E-state index in [1.54, 1.807) is 0 Å². The number of phosphoric ester groups is 1. The number of quaternary nitrogens is 1. The summed E-state index contributed by atoms with van der Waals surface area (Å²) in [7, 11) is 0.708. The van der Waals surface area contributed by atoms with Crippen LogP contribution in [0.15, 0.2) is 0 Å². The number of hydrogen-bond donors (Lipinski definition) is 6. The molecule has 24 heavy (non-hydrogen) atoms. The van der Waals surface area contributed by atoms with Crippen LogP contribution in [0.2, 0.25) is 0 Å². The Bertz CT molecular complexity index is 442. The lowest BCUT2D eigenvalue weighted by atomic mass is 10.00. The Morgan fingerprint density at radius 3 is 2.25 bits per heavy atom. The first-order valence-electron chi connectivity index (χ1n) is 7.31. The zero-order valence-corrected chi connectivity index (χ0v) is 14.7. The van der Waals surface area contributed by atoms with Crippen molar-refractivity contribution in [3.8, 4) is 0 Å². The van der Waals surface area contributed by atoms with Crippen LogP contribution in [-0.2, 0) is 18.3 Å². The summed E-state index contributed by atoms with van der Waals surface area (Å²) in [6.45, 7) is -0.954. The molecule has 2 unspecified atom stereocenters. The summed E-state index contributed by atoms with van der Waals surface area (Å²) in [4.78, 5) is 9.64. The van der Waals surface area contributed by atoms with E-state index in [4.69, 9.17) is 9.84 Å². The van der Waals surface area contributed by atoms with E-state index >= 15 is 0 Å². The van der Waals surface area contributed by atoms with Gasteiger partial charge >= 0.3 is 7.82 Å². The van der Waals surface area contributed by atoms with Crippen LogP contribution in [0.5, 0.6) is 0 Å². The molecule has 0 saturated carbocycles. The van der Waals surface area contributed by atoms with Gasteiger partial charge in [0.25, 0.3) is 0 Å². The fourth-order valence-corrected chi connectivity index (χ4v) is 3.04. The van der Waals surface area contributed by atoms with Gasteiger partial charge in [0.2, 0.25) is 0 Å². The maximum atomic E-state index is 11.9. The molecular weight excluding hydrogens is 349 g/mol. The first-order valence-corrected chi connectivity index (χ1v) is 8.80. The molecule has 0 aromatic heterocycles. The molecule has 12 heteroatoms. The molecule has 1 aliphatic heterocycles. The van der Waals surface area contributed by atoms with Gasteiger partial charge in [0.05, 0.1) is 34.4 Å². The van der Waals surface area contributed by atoms with Gasteiger partial charge < -0.3 is 39.6 Å². The molecule has 1 fully saturated rings. The van der Waals surface area contributed by atoms with E-state index in [0.29, 0.717) is 4.48 Å². The molecule has 0 aromatic carbocycles. The van der Waals surface area contributed by atoms with Gasteiger partial charge in [-0.3, -0.25) is 9.05 Å². The lowest BCUT2D eigenvalue weighted by molar-refractivity contribution is -0.873. The normalized spacial score (nSPS) is 35.5. The number of likely N-dealkylation sites (N-methyl/N-ethyl adjacent to an activating group) is 1. The van der Waals surface area contributed by atoms with Crippen LogP contribution in [0, 0.1) is 0 Å². The molecule has 6 N–H and O–H groups in total. The quantitative estimate of drug-likeness (QED) is 0.190. The predicted octanol–water partition coefficient (Wildman–Crippen LogP) is -3.01. The Hall–Kier alpha value is -0.170. The third-order valence-electron chi connectivity index (χ3n) is 3.27. The molecule has 0 spiro atoms. The Labute approximate surface area is 139 Å². The van der Waals surface area contributed by atoms with Gasteiger partial charge in [-0.25, -0.2) is 4.57 Å². The maximum absolute atomic E-state index is 11.9. The zero-order valence-electron chi connectivity index (χ0n) is 13.8. The summed E-state index contributed by atoms with van der Waals surface area (Å²) in [5.74, 6) is 0. The summed E-state index contributed by atoms with van der Waals surface area (Å²) in [5.41, 5.74) is 0. The number of ether oxygens (including phenoxy) is 1. The van der Waals surface area contributed by atoms with Crippen LogP contribution in [-0.4, -0.2) is 113 Å². The standard InChI is InChI=1S/C12H26NO10P/c1-13(2,3)4-7(15)6-21-24(19,20)23-12-11(18)10(17)9(16)8(5-14)22-12/h7-12,14-18H,4-6H2,1-3H3/p+1/t7?,8-,9-,10+,11+,12-/m1/s1. The van der Waals surface area contributed by atoms with E-state index in [9.17, 15) is 29.9 Å². The zero-order chi connectivity index (χ0) is 18.7. The van der Waals surface area contributed by atoms with Gasteiger partial charge in [-0.1, -0.05) is 0 Å². The first kappa shape index (κ1) is 21.9. The van der Waals surface area contributed by atoms with E-state index in [1.807, 2.05) is 21.1 Å². The molecule has 7 atom stereocenters. The lowest BCUT2D eigenvalue weighted by Gasteiger charge is -2.39. The molecule has 1 heterocycles. The predicted molar refractivity (Wildman–Crippen MR) is 79.5 cm³/mol. The molecule has 0 aliphatic carbocycles. The van der Waals surface area contributed by atoms with Crippen molar-refractivity contribution < 1.29 is 53.3 Å². The second-order valence-electron chi connectivity index (χ2n) is 6.69. The smallest absolute Gasteiger partial charge is 0.394 e. The lowest BCUT2D eigenvalue weighted by Crippen LogP contribution is -2.58. The highest BCUT2D eigenvalue weighted by atomic mass is 31.2. The molecule has 11 nitrogen and oxygen atoms in total. The summed E-state index contributed by atoms with van der Waals surface area (Å²) < 4.78 is 26.5. The van der Waals surface area contributed by atoms with Crippen molar-refractivity contribution >= 4 is 7.82 Å². The van der Waals surface area contributed by atoms with Crippen LogP contribution in [0.1, 0.15) is 0 Å². The average Bonchev–Trinajstić information content (AvgIpc) is 2.44. The molecule has 1 rings (SSSR count). The molecular formula is C12H27NO10P+. The first-order chi connectivity index (χ1) is 10.9. The van der Waals surface area contributed by atoms with Crippen molar-refractivity contribution in [1.82, 2.24) is 0 Å². The maximum Gasteiger partial charge on any atom is 0.474 e. The van der Waals surface area contributed by atoms with Gasteiger partial charge in [-0.15, -0.1) is 0 Å². The molecule has 1 saturated heterocycles. The fraction of sp³-hybridized carbons (Fsp3) is 1.00. The second-order valence-corrected chi connectivity index (χ2v) is 8.10. The number of hydrogen-bond acceptors (Lipinski definition) is 9. The number of rotatable bonds is 8. The minimum atomic E-state index is -4.73. The fourth-order valence-electron chi connectivity index (χ4n) is 2.18. The highest BCUT2D eigenvalue weighted by Gasteiger charge is 2.46. The molecule has 0 aromatic rings. The Kier molecular flexibility index (Phi) is 7.72. The highest BCUT2D eigenvalue weighted by molar-refractivity contribution is 7.47. The minimum Gasteiger partial charge on any atom is -0.394 e. The van der Waals surface area contributed by atoms with Crippen LogP contribution >= 0.6 is 7.82 Å². The second kappa shape index (κ2) is 8.47. The summed E-state index contributed by atoms with van der Waals surface area (Å²) in [6, 6.07) is 0. The molecule has 1 aliphatic rings. The van der Waals surface area contributed by atoms with Crippen LogP contribution in [0.4, 0.5) is 0 Å². The van der Waals surface area contributed by atoms with Crippen LogP contribution < -0.4 is 0 Å². The van der Waals surface area contributed by atoms with Crippen LogP contribution in [0.25, 0.3) is 0 Å². The van der Waals surface area contributed by atoms with Crippen molar-refractivity contribution in [3.05, 3.63) is 0 Å². The summed E-state index contributed by atoms with van der Waals surface area (Å²) in [5, 5.41) is 47.7. The van der Waals surface area contributed by atoms with Crippen molar-refractivity contribution in [1.29, 1.82) is 0 Å². The van der Waals surface area contributed by atoms with E-state index < -0.39 is 57.8 Å². The van der Waals surface area contributed by atoms with Crippen molar-refractivity contribution in [2.24, 2.45) is 0 Å².